The third kappa shape index (κ3) is 2.41. The zero-order chi connectivity index (χ0) is 10.6. The molecule has 0 radical (unpaired) electrons. The van der Waals surface area contributed by atoms with Crippen LogP contribution in [-0.2, 0) is 4.79 Å². The summed E-state index contributed by atoms with van der Waals surface area (Å²) in [7, 11) is 0. The Hall–Kier alpha value is -2.17. The summed E-state index contributed by atoms with van der Waals surface area (Å²) >= 11 is 0. The van der Waals surface area contributed by atoms with Crippen LogP contribution in [0.15, 0.2) is 31.0 Å². The van der Waals surface area contributed by atoms with Gasteiger partial charge in [0.1, 0.15) is 5.69 Å². The Labute approximate surface area is 80.1 Å². The third-order valence-corrected chi connectivity index (χ3v) is 1.44. The minimum atomic E-state index is -1.11. The summed E-state index contributed by atoms with van der Waals surface area (Å²) in [6, 6.07) is 2.76. The third-order valence-electron chi connectivity index (χ3n) is 1.44. The number of hydrogen-bond donors (Lipinski definition) is 2. The highest BCUT2D eigenvalue weighted by molar-refractivity contribution is 5.98. The first-order valence-electron chi connectivity index (χ1n) is 3.76. The first-order valence-corrected chi connectivity index (χ1v) is 3.76. The van der Waals surface area contributed by atoms with Gasteiger partial charge < -0.3 is 10.4 Å². The van der Waals surface area contributed by atoms with Crippen LogP contribution in [0.25, 0.3) is 0 Å². The summed E-state index contributed by atoms with van der Waals surface area (Å²) in [5.74, 6) is -1.47. The Morgan fingerprint density at radius 1 is 1.50 bits per heavy atom. The van der Waals surface area contributed by atoms with Crippen LogP contribution in [0, 0.1) is 0 Å². The molecule has 1 amide bonds. The van der Waals surface area contributed by atoms with Crippen LogP contribution >= 0.6 is 0 Å². The quantitative estimate of drug-likeness (QED) is 0.697. The molecule has 5 heteroatoms. The molecule has 0 atom stereocenters. The molecule has 0 aliphatic rings. The summed E-state index contributed by atoms with van der Waals surface area (Å²) in [5.41, 5.74) is 0.363. The van der Waals surface area contributed by atoms with E-state index in [4.69, 9.17) is 5.11 Å². The highest BCUT2D eigenvalue weighted by Crippen LogP contribution is 2.05. The molecule has 0 spiro atoms. The average Bonchev–Trinajstić information content (AvgIpc) is 2.18. The summed E-state index contributed by atoms with van der Waals surface area (Å²) in [6.45, 7) is 3.28. The molecular formula is C9H8N2O3. The second-order valence-corrected chi connectivity index (χ2v) is 2.43. The molecule has 0 unspecified atom stereocenters. The first kappa shape index (κ1) is 9.91. The Kier molecular flexibility index (Phi) is 2.96. The van der Waals surface area contributed by atoms with Crippen LogP contribution in [0.3, 0.4) is 0 Å². The summed E-state index contributed by atoms with van der Waals surface area (Å²) < 4.78 is 0. The van der Waals surface area contributed by atoms with Gasteiger partial charge in [0.2, 0.25) is 5.91 Å². The molecule has 14 heavy (non-hydrogen) atoms. The molecule has 1 aromatic heterocycles. The van der Waals surface area contributed by atoms with Crippen LogP contribution in [0.5, 0.6) is 0 Å². The van der Waals surface area contributed by atoms with Crippen molar-refractivity contribution < 1.29 is 14.7 Å². The largest absolute Gasteiger partial charge is 0.477 e. The molecule has 5 nitrogen and oxygen atoms in total. The van der Waals surface area contributed by atoms with Gasteiger partial charge in [-0.3, -0.25) is 4.79 Å². The maximum absolute atomic E-state index is 10.8. The van der Waals surface area contributed by atoms with Crippen molar-refractivity contribution in [2.45, 2.75) is 0 Å². The lowest BCUT2D eigenvalue weighted by molar-refractivity contribution is -0.111. The normalized spacial score (nSPS) is 9.14. The fourth-order valence-corrected chi connectivity index (χ4v) is 0.788. The summed E-state index contributed by atoms with van der Waals surface area (Å²) in [6.07, 6.45) is 2.38. The number of rotatable bonds is 3. The zero-order valence-electron chi connectivity index (χ0n) is 7.23. The lowest BCUT2D eigenvalue weighted by Crippen LogP contribution is -2.08. The molecule has 0 bridgehead atoms. The van der Waals surface area contributed by atoms with Crippen LogP contribution in [-0.4, -0.2) is 22.0 Å². The second-order valence-electron chi connectivity index (χ2n) is 2.43. The Morgan fingerprint density at radius 3 is 2.64 bits per heavy atom. The molecule has 1 aromatic rings. The Balaban J connectivity index is 2.78. The zero-order valence-corrected chi connectivity index (χ0v) is 7.23. The smallest absolute Gasteiger partial charge is 0.354 e. The maximum atomic E-state index is 10.8. The first-order chi connectivity index (χ1) is 6.63. The molecule has 0 fully saturated rings. The number of nitrogens with zero attached hydrogens (tertiary/aromatic N) is 1. The van der Waals surface area contributed by atoms with E-state index in [0.717, 1.165) is 6.08 Å². The van der Waals surface area contributed by atoms with Gasteiger partial charge in [0, 0.05) is 0 Å². The van der Waals surface area contributed by atoms with E-state index in [1.165, 1.54) is 18.3 Å². The summed E-state index contributed by atoms with van der Waals surface area (Å²) in [5, 5.41) is 11.0. The molecule has 1 rings (SSSR count). The van der Waals surface area contributed by atoms with Crippen molar-refractivity contribution in [3.8, 4) is 0 Å². The molecule has 0 saturated heterocycles. The average molecular weight is 192 g/mol. The van der Waals surface area contributed by atoms with Gasteiger partial charge in [-0.05, 0) is 18.2 Å². The van der Waals surface area contributed by atoms with Crippen molar-refractivity contribution in [1.82, 2.24) is 4.98 Å². The van der Waals surface area contributed by atoms with Crippen molar-refractivity contribution in [2.24, 2.45) is 0 Å². The fraction of sp³-hybridized carbons (Fsp3) is 0. The van der Waals surface area contributed by atoms with Gasteiger partial charge in [0.15, 0.2) is 0 Å². The second kappa shape index (κ2) is 4.18. The van der Waals surface area contributed by atoms with Gasteiger partial charge in [-0.2, -0.15) is 0 Å². The highest BCUT2D eigenvalue weighted by Gasteiger charge is 2.03. The van der Waals surface area contributed by atoms with Crippen LogP contribution in [0.4, 0.5) is 5.69 Å². The van der Waals surface area contributed by atoms with Crippen molar-refractivity contribution in [3.63, 3.8) is 0 Å². The van der Waals surface area contributed by atoms with E-state index >= 15 is 0 Å². The van der Waals surface area contributed by atoms with Gasteiger partial charge in [-0.1, -0.05) is 6.58 Å². The van der Waals surface area contributed by atoms with Gasteiger partial charge in [0.25, 0.3) is 0 Å². The number of carboxylic acids is 1. The van der Waals surface area contributed by atoms with Gasteiger partial charge >= 0.3 is 5.97 Å². The highest BCUT2D eigenvalue weighted by atomic mass is 16.4. The number of amides is 1. The molecule has 72 valence electrons. The topological polar surface area (TPSA) is 79.3 Å². The molecule has 0 aliphatic carbocycles. The predicted molar refractivity (Wildman–Crippen MR) is 50.0 cm³/mol. The Bertz CT molecular complexity index is 370. The van der Waals surface area contributed by atoms with Crippen molar-refractivity contribution in [3.05, 3.63) is 36.7 Å². The molecule has 0 aliphatic heterocycles. The number of nitrogens with one attached hydrogen (secondary N) is 1. The lowest BCUT2D eigenvalue weighted by atomic mass is 10.3. The number of hydrogen-bond acceptors (Lipinski definition) is 3. The molecule has 0 saturated carbocycles. The van der Waals surface area contributed by atoms with E-state index in [9.17, 15) is 9.59 Å². The van der Waals surface area contributed by atoms with E-state index in [1.54, 1.807) is 0 Å². The minimum absolute atomic E-state index is 0.0680. The molecular weight excluding hydrogens is 184 g/mol. The SMILES string of the molecule is C=CC(=O)Nc1ccc(C(=O)O)nc1. The van der Waals surface area contributed by atoms with E-state index in [1.807, 2.05) is 0 Å². The molecule has 1 heterocycles. The monoisotopic (exact) mass is 192 g/mol. The van der Waals surface area contributed by atoms with E-state index in [2.05, 4.69) is 16.9 Å². The maximum Gasteiger partial charge on any atom is 0.354 e. The van der Waals surface area contributed by atoms with Gasteiger partial charge in [0.05, 0.1) is 11.9 Å². The van der Waals surface area contributed by atoms with Crippen molar-refractivity contribution >= 4 is 17.6 Å². The number of carbonyl (C=O) groups excluding carboxylic acids is 1. The van der Waals surface area contributed by atoms with E-state index < -0.39 is 5.97 Å². The molecule has 0 aromatic carbocycles. The number of anilines is 1. The van der Waals surface area contributed by atoms with Crippen LogP contribution < -0.4 is 5.32 Å². The fourth-order valence-electron chi connectivity index (χ4n) is 0.788. The van der Waals surface area contributed by atoms with Crippen molar-refractivity contribution in [2.75, 3.05) is 5.32 Å². The lowest BCUT2D eigenvalue weighted by Gasteiger charge is -2.00. The number of aromatic carboxylic acids is 1. The summed E-state index contributed by atoms with van der Waals surface area (Å²) in [4.78, 5) is 24.9. The van der Waals surface area contributed by atoms with Gasteiger partial charge in [-0.15, -0.1) is 0 Å². The van der Waals surface area contributed by atoms with Crippen LogP contribution in [0.2, 0.25) is 0 Å². The number of carboxylic acid groups (broad SMARTS) is 1. The van der Waals surface area contributed by atoms with E-state index in [0.29, 0.717) is 5.69 Å². The number of pyridine rings is 1. The minimum Gasteiger partial charge on any atom is -0.477 e. The standard InChI is InChI=1S/C9H8N2O3/c1-2-8(12)11-6-3-4-7(9(13)14)10-5-6/h2-5H,1H2,(H,11,12)(H,13,14). The van der Waals surface area contributed by atoms with E-state index in [-0.39, 0.29) is 11.6 Å². The predicted octanol–water partition coefficient (Wildman–Crippen LogP) is 0.904. The van der Waals surface area contributed by atoms with Crippen molar-refractivity contribution in [1.29, 1.82) is 0 Å². The Morgan fingerprint density at radius 2 is 2.21 bits per heavy atom. The number of carbonyl (C=O) groups is 2. The van der Waals surface area contributed by atoms with Crippen LogP contribution in [0.1, 0.15) is 10.5 Å². The van der Waals surface area contributed by atoms with Gasteiger partial charge in [-0.25, -0.2) is 9.78 Å². The molecule has 2 N–H and O–H groups in total. The number of aromatic nitrogens is 1.